The predicted molar refractivity (Wildman–Crippen MR) is 70.6 cm³/mol. The fourth-order valence-electron chi connectivity index (χ4n) is 2.77. The number of carbonyl (C=O) groups is 2. The van der Waals surface area contributed by atoms with Crippen molar-refractivity contribution in [2.75, 3.05) is 0 Å². The van der Waals surface area contributed by atoms with Crippen LogP contribution in [-0.2, 0) is 9.59 Å². The first kappa shape index (κ1) is 13.1. The number of nitrogens with one attached hydrogen (secondary N) is 1. The van der Waals surface area contributed by atoms with E-state index in [1.807, 2.05) is 13.8 Å². The molecular formula is C14H19N3O3. The summed E-state index contributed by atoms with van der Waals surface area (Å²) in [6, 6.07) is -1.21. The highest BCUT2D eigenvalue weighted by Gasteiger charge is 2.47. The molecule has 108 valence electrons. The average Bonchev–Trinajstić information content (AvgIpc) is 3.15. The van der Waals surface area contributed by atoms with Crippen LogP contribution in [0.15, 0.2) is 10.6 Å². The molecule has 1 aromatic rings. The largest absolute Gasteiger partial charge is 0.444 e. The summed E-state index contributed by atoms with van der Waals surface area (Å²) in [4.78, 5) is 30.5. The molecule has 6 nitrogen and oxygen atoms in total. The minimum atomic E-state index is -0.500. The van der Waals surface area contributed by atoms with Crippen LogP contribution in [0.1, 0.15) is 44.4 Å². The first-order valence-corrected chi connectivity index (χ1v) is 7.04. The molecule has 3 rings (SSSR count). The van der Waals surface area contributed by atoms with Crippen molar-refractivity contribution >= 4 is 11.8 Å². The van der Waals surface area contributed by atoms with Crippen molar-refractivity contribution in [3.8, 4) is 0 Å². The zero-order chi connectivity index (χ0) is 14.4. The summed E-state index contributed by atoms with van der Waals surface area (Å²) in [5.41, 5.74) is 0. The Morgan fingerprint density at radius 3 is 2.70 bits per heavy atom. The molecule has 2 amide bonds. The molecule has 0 radical (unpaired) electrons. The lowest BCUT2D eigenvalue weighted by atomic mass is 10.0. The van der Waals surface area contributed by atoms with Crippen molar-refractivity contribution in [3.63, 3.8) is 0 Å². The number of aryl methyl sites for hydroxylation is 1. The predicted octanol–water partition coefficient (Wildman–Crippen LogP) is 1.17. The maximum absolute atomic E-state index is 12.6. The van der Waals surface area contributed by atoms with Gasteiger partial charge >= 0.3 is 0 Å². The lowest BCUT2D eigenvalue weighted by molar-refractivity contribution is -0.152. The maximum atomic E-state index is 12.6. The number of hydrogen-bond acceptors (Lipinski definition) is 4. The zero-order valence-corrected chi connectivity index (χ0v) is 11.9. The van der Waals surface area contributed by atoms with Crippen LogP contribution in [0.4, 0.5) is 0 Å². The van der Waals surface area contributed by atoms with Gasteiger partial charge in [-0.3, -0.25) is 9.59 Å². The van der Waals surface area contributed by atoms with Crippen molar-refractivity contribution in [2.24, 2.45) is 5.92 Å². The third-order valence-corrected chi connectivity index (χ3v) is 4.12. The minimum absolute atomic E-state index is 0.0250. The Labute approximate surface area is 117 Å². The summed E-state index contributed by atoms with van der Waals surface area (Å²) >= 11 is 0. The Morgan fingerprint density at radius 2 is 2.15 bits per heavy atom. The summed E-state index contributed by atoms with van der Waals surface area (Å²) in [5, 5.41) is 2.84. The van der Waals surface area contributed by atoms with E-state index in [0.29, 0.717) is 17.6 Å². The fraction of sp³-hybridized carbons (Fsp3) is 0.643. The Morgan fingerprint density at radius 1 is 1.45 bits per heavy atom. The van der Waals surface area contributed by atoms with Crippen LogP contribution in [0.5, 0.6) is 0 Å². The van der Waals surface area contributed by atoms with Crippen molar-refractivity contribution < 1.29 is 14.0 Å². The highest BCUT2D eigenvalue weighted by molar-refractivity contribution is 5.97. The van der Waals surface area contributed by atoms with Crippen LogP contribution >= 0.6 is 0 Å². The third-order valence-electron chi connectivity index (χ3n) is 4.12. The highest BCUT2D eigenvalue weighted by Crippen LogP contribution is 2.36. The summed E-state index contributed by atoms with van der Waals surface area (Å²) in [7, 11) is 0. The number of amides is 2. The first-order valence-electron chi connectivity index (χ1n) is 7.04. The van der Waals surface area contributed by atoms with Gasteiger partial charge in [-0.15, -0.1) is 0 Å². The molecule has 1 aromatic heterocycles. The number of hydrogen-bond donors (Lipinski definition) is 1. The second kappa shape index (κ2) is 4.61. The minimum Gasteiger partial charge on any atom is -0.444 e. The van der Waals surface area contributed by atoms with Gasteiger partial charge in [-0.2, -0.15) is 0 Å². The number of carbonyl (C=O) groups excluding carboxylic acids is 2. The summed E-state index contributed by atoms with van der Waals surface area (Å²) < 4.78 is 5.51. The molecule has 3 unspecified atom stereocenters. The molecule has 0 aromatic carbocycles. The molecule has 0 bridgehead atoms. The zero-order valence-electron chi connectivity index (χ0n) is 11.9. The molecule has 1 N–H and O–H groups in total. The Bertz CT molecular complexity index is 550. The van der Waals surface area contributed by atoms with Gasteiger partial charge in [0.05, 0.1) is 6.20 Å². The van der Waals surface area contributed by atoms with Gasteiger partial charge in [-0.1, -0.05) is 0 Å². The van der Waals surface area contributed by atoms with E-state index in [1.165, 1.54) is 0 Å². The molecule has 0 spiro atoms. The number of piperazine rings is 1. The SMILES string of the molecule is Cc1cnc(C(C)N2C(=O)C(C3CC3)NC(=O)C2C)o1. The van der Waals surface area contributed by atoms with Crippen LogP contribution in [0.2, 0.25) is 0 Å². The molecule has 2 heterocycles. The number of oxazole rings is 1. The topological polar surface area (TPSA) is 75.4 Å². The van der Waals surface area contributed by atoms with Gasteiger partial charge < -0.3 is 14.6 Å². The van der Waals surface area contributed by atoms with E-state index in [2.05, 4.69) is 10.3 Å². The maximum Gasteiger partial charge on any atom is 0.246 e. The van der Waals surface area contributed by atoms with E-state index >= 15 is 0 Å². The molecule has 1 saturated carbocycles. The monoisotopic (exact) mass is 277 g/mol. The lowest BCUT2D eigenvalue weighted by Gasteiger charge is -2.40. The Balaban J connectivity index is 1.88. The van der Waals surface area contributed by atoms with Crippen LogP contribution in [-0.4, -0.2) is 33.8 Å². The first-order chi connectivity index (χ1) is 9.49. The van der Waals surface area contributed by atoms with E-state index in [0.717, 1.165) is 12.8 Å². The summed E-state index contributed by atoms with van der Waals surface area (Å²) in [5.74, 6) is 1.35. The van der Waals surface area contributed by atoms with Crippen LogP contribution in [0.25, 0.3) is 0 Å². The van der Waals surface area contributed by atoms with Crippen molar-refractivity contribution in [2.45, 2.75) is 51.7 Å². The second-order valence-corrected chi connectivity index (χ2v) is 5.73. The molecular weight excluding hydrogens is 258 g/mol. The summed E-state index contributed by atoms with van der Waals surface area (Å²) in [6.45, 7) is 5.40. The average molecular weight is 277 g/mol. The van der Waals surface area contributed by atoms with E-state index in [1.54, 1.807) is 18.0 Å². The molecule has 20 heavy (non-hydrogen) atoms. The molecule has 2 aliphatic rings. The molecule has 1 aliphatic carbocycles. The van der Waals surface area contributed by atoms with Crippen LogP contribution in [0.3, 0.4) is 0 Å². The third kappa shape index (κ3) is 2.09. The van der Waals surface area contributed by atoms with Crippen LogP contribution < -0.4 is 5.32 Å². The number of rotatable bonds is 3. The van der Waals surface area contributed by atoms with Gasteiger partial charge in [0, 0.05) is 0 Å². The smallest absolute Gasteiger partial charge is 0.246 e. The standard InChI is InChI=1S/C14H19N3O3/c1-7-6-15-13(20-7)9(3)17-8(2)12(18)16-11(14(17)19)10-4-5-10/h6,8-11H,4-5H2,1-3H3,(H,16,18). The fourth-order valence-corrected chi connectivity index (χ4v) is 2.77. The Hall–Kier alpha value is -1.85. The highest BCUT2D eigenvalue weighted by atomic mass is 16.4. The lowest BCUT2D eigenvalue weighted by Crippen LogP contribution is -2.63. The van der Waals surface area contributed by atoms with Gasteiger partial charge in [-0.25, -0.2) is 4.98 Å². The second-order valence-electron chi connectivity index (χ2n) is 5.73. The van der Waals surface area contributed by atoms with Crippen LogP contribution in [0, 0.1) is 12.8 Å². The molecule has 1 aliphatic heterocycles. The normalized spacial score (nSPS) is 28.4. The quantitative estimate of drug-likeness (QED) is 0.900. The van der Waals surface area contributed by atoms with Crippen molar-refractivity contribution in [1.29, 1.82) is 0 Å². The van der Waals surface area contributed by atoms with Crippen molar-refractivity contribution in [1.82, 2.24) is 15.2 Å². The number of nitrogens with zero attached hydrogens (tertiary/aromatic N) is 2. The molecule has 3 atom stereocenters. The van der Waals surface area contributed by atoms with Gasteiger partial charge in [0.25, 0.3) is 0 Å². The van der Waals surface area contributed by atoms with E-state index in [-0.39, 0.29) is 23.9 Å². The van der Waals surface area contributed by atoms with Gasteiger partial charge in [0.1, 0.15) is 23.9 Å². The van der Waals surface area contributed by atoms with E-state index in [9.17, 15) is 9.59 Å². The molecule has 1 saturated heterocycles. The van der Waals surface area contributed by atoms with Crippen molar-refractivity contribution in [3.05, 3.63) is 17.8 Å². The van der Waals surface area contributed by atoms with Gasteiger partial charge in [0.15, 0.2) is 0 Å². The molecule has 2 fully saturated rings. The van der Waals surface area contributed by atoms with E-state index < -0.39 is 6.04 Å². The molecule has 6 heteroatoms. The van der Waals surface area contributed by atoms with Gasteiger partial charge in [0.2, 0.25) is 17.7 Å². The number of aromatic nitrogens is 1. The van der Waals surface area contributed by atoms with Gasteiger partial charge in [-0.05, 0) is 39.5 Å². The Kier molecular flexibility index (Phi) is 3.03. The summed E-state index contributed by atoms with van der Waals surface area (Å²) in [6.07, 6.45) is 3.64. The van der Waals surface area contributed by atoms with E-state index in [4.69, 9.17) is 4.42 Å².